The maximum atomic E-state index is 13.2. The van der Waals surface area contributed by atoms with Crippen LogP contribution in [0.5, 0.6) is 0 Å². The minimum absolute atomic E-state index is 0.104. The van der Waals surface area contributed by atoms with Crippen LogP contribution < -0.4 is 15.5 Å². The first-order valence-corrected chi connectivity index (χ1v) is 11.0. The fourth-order valence-corrected chi connectivity index (χ4v) is 3.43. The zero-order valence-electron chi connectivity index (χ0n) is 17.8. The summed E-state index contributed by atoms with van der Waals surface area (Å²) in [5, 5.41) is 5.94. The van der Waals surface area contributed by atoms with Gasteiger partial charge in [-0.2, -0.15) is 0 Å². The second-order valence-electron chi connectivity index (χ2n) is 7.10. The molecular formula is C24H31N3O2S. The zero-order chi connectivity index (χ0) is 21.8. The summed E-state index contributed by atoms with van der Waals surface area (Å²) in [6, 6.07) is 16.7. The number of unbranched alkanes of at least 4 members (excludes halogenated alkanes) is 4. The quantitative estimate of drug-likeness (QED) is 0.388. The minimum atomic E-state index is -0.128. The largest absolute Gasteiger partial charge is 0.332 e. The van der Waals surface area contributed by atoms with Crippen LogP contribution in [0.3, 0.4) is 0 Å². The maximum Gasteiger partial charge on any atom is 0.260 e. The molecule has 2 N–H and O–H groups in total. The highest BCUT2D eigenvalue weighted by atomic mass is 32.1. The summed E-state index contributed by atoms with van der Waals surface area (Å²) in [4.78, 5) is 27.0. The Bertz CT molecular complexity index is 839. The van der Waals surface area contributed by atoms with E-state index in [2.05, 4.69) is 17.6 Å². The van der Waals surface area contributed by atoms with Gasteiger partial charge < -0.3 is 15.5 Å². The van der Waals surface area contributed by atoms with E-state index < -0.39 is 0 Å². The van der Waals surface area contributed by atoms with Crippen LogP contribution in [0.1, 0.15) is 62.7 Å². The molecule has 0 aromatic heterocycles. The van der Waals surface area contributed by atoms with Gasteiger partial charge in [0.15, 0.2) is 5.11 Å². The van der Waals surface area contributed by atoms with E-state index in [0.29, 0.717) is 24.2 Å². The van der Waals surface area contributed by atoms with Crippen molar-refractivity contribution in [3.63, 3.8) is 0 Å². The average Bonchev–Trinajstić information content (AvgIpc) is 2.75. The van der Waals surface area contributed by atoms with Crippen LogP contribution in [0.4, 0.5) is 11.4 Å². The molecule has 160 valence electrons. The van der Waals surface area contributed by atoms with Crippen molar-refractivity contribution in [1.82, 2.24) is 5.32 Å². The number of para-hydroxylation sites is 2. The van der Waals surface area contributed by atoms with Crippen LogP contribution in [0, 0.1) is 0 Å². The number of thiocarbonyl (C=S) groups is 1. The second-order valence-corrected chi connectivity index (χ2v) is 7.51. The van der Waals surface area contributed by atoms with Crippen LogP contribution >= 0.6 is 12.2 Å². The molecule has 0 heterocycles. The van der Waals surface area contributed by atoms with Crippen molar-refractivity contribution in [2.75, 3.05) is 16.8 Å². The molecule has 2 amide bonds. The van der Waals surface area contributed by atoms with E-state index in [4.69, 9.17) is 12.2 Å². The lowest BCUT2D eigenvalue weighted by atomic mass is 10.1. The summed E-state index contributed by atoms with van der Waals surface area (Å²) in [6.45, 7) is 4.64. The SMILES string of the molecule is CCCCCCCC(=O)NC(=S)Nc1ccccc1C(=O)N(CC)c1ccccc1. The van der Waals surface area contributed by atoms with Crippen LogP contribution in [0.25, 0.3) is 0 Å². The number of nitrogens with zero attached hydrogens (tertiary/aromatic N) is 1. The first-order chi connectivity index (χ1) is 14.6. The van der Waals surface area contributed by atoms with E-state index in [9.17, 15) is 9.59 Å². The van der Waals surface area contributed by atoms with E-state index in [0.717, 1.165) is 24.9 Å². The molecule has 2 rings (SSSR count). The maximum absolute atomic E-state index is 13.2. The van der Waals surface area contributed by atoms with Gasteiger partial charge in [0.05, 0.1) is 11.3 Å². The van der Waals surface area contributed by atoms with Gasteiger partial charge in [-0.05, 0) is 49.8 Å². The van der Waals surface area contributed by atoms with E-state index >= 15 is 0 Å². The van der Waals surface area contributed by atoms with Crippen molar-refractivity contribution in [1.29, 1.82) is 0 Å². The minimum Gasteiger partial charge on any atom is -0.332 e. The van der Waals surface area contributed by atoms with Crippen LogP contribution in [0.15, 0.2) is 54.6 Å². The van der Waals surface area contributed by atoms with Gasteiger partial charge in [0, 0.05) is 18.7 Å². The Hall–Kier alpha value is -2.73. The third kappa shape index (κ3) is 7.26. The number of amides is 2. The molecule has 2 aromatic carbocycles. The van der Waals surface area contributed by atoms with Gasteiger partial charge in [-0.15, -0.1) is 0 Å². The number of hydrogen-bond acceptors (Lipinski definition) is 3. The summed E-state index contributed by atoms with van der Waals surface area (Å²) in [6.07, 6.45) is 5.88. The second kappa shape index (κ2) is 12.8. The molecule has 2 aromatic rings. The van der Waals surface area contributed by atoms with Crippen LogP contribution in [-0.4, -0.2) is 23.5 Å². The van der Waals surface area contributed by atoms with Gasteiger partial charge in [0.1, 0.15) is 0 Å². The lowest BCUT2D eigenvalue weighted by molar-refractivity contribution is -0.119. The number of benzene rings is 2. The Balaban J connectivity index is 2.00. The van der Waals surface area contributed by atoms with Gasteiger partial charge >= 0.3 is 0 Å². The molecule has 6 heteroatoms. The molecule has 5 nitrogen and oxygen atoms in total. The van der Waals surface area contributed by atoms with Crippen molar-refractivity contribution < 1.29 is 9.59 Å². The molecule has 0 unspecified atom stereocenters. The molecular weight excluding hydrogens is 394 g/mol. The Kier molecular flexibility index (Phi) is 10.0. The molecule has 0 aliphatic rings. The van der Waals surface area contributed by atoms with Crippen molar-refractivity contribution in [3.8, 4) is 0 Å². The van der Waals surface area contributed by atoms with Gasteiger partial charge in [0.2, 0.25) is 5.91 Å². The third-order valence-corrected chi connectivity index (χ3v) is 5.00. The van der Waals surface area contributed by atoms with Crippen LogP contribution in [0.2, 0.25) is 0 Å². The first kappa shape index (κ1) is 23.5. The number of carbonyl (C=O) groups excluding carboxylic acids is 2. The highest BCUT2D eigenvalue weighted by molar-refractivity contribution is 7.80. The Morgan fingerprint density at radius 3 is 2.27 bits per heavy atom. The Morgan fingerprint density at radius 1 is 0.900 bits per heavy atom. The van der Waals surface area contributed by atoms with Gasteiger partial charge in [0.25, 0.3) is 5.91 Å². The zero-order valence-corrected chi connectivity index (χ0v) is 18.6. The molecule has 0 saturated carbocycles. The molecule has 0 aliphatic carbocycles. The normalized spacial score (nSPS) is 10.3. The highest BCUT2D eigenvalue weighted by Crippen LogP contribution is 2.21. The smallest absolute Gasteiger partial charge is 0.260 e. The first-order valence-electron chi connectivity index (χ1n) is 10.6. The molecule has 0 bridgehead atoms. The molecule has 0 spiro atoms. The number of anilines is 2. The highest BCUT2D eigenvalue weighted by Gasteiger charge is 2.19. The molecule has 30 heavy (non-hydrogen) atoms. The predicted octanol–water partition coefficient (Wildman–Crippen LogP) is 5.53. The van der Waals surface area contributed by atoms with Crippen molar-refractivity contribution in [2.45, 2.75) is 52.4 Å². The number of hydrogen-bond donors (Lipinski definition) is 2. The van der Waals surface area contributed by atoms with Crippen molar-refractivity contribution >= 4 is 40.5 Å². The topological polar surface area (TPSA) is 61.4 Å². The molecule has 0 saturated heterocycles. The molecule has 0 radical (unpaired) electrons. The Morgan fingerprint density at radius 2 is 1.57 bits per heavy atom. The van der Waals surface area contributed by atoms with Crippen molar-refractivity contribution in [2.24, 2.45) is 0 Å². The third-order valence-electron chi connectivity index (χ3n) is 4.80. The number of carbonyl (C=O) groups is 2. The van der Waals surface area contributed by atoms with E-state index in [1.54, 1.807) is 17.0 Å². The molecule has 0 aliphatic heterocycles. The summed E-state index contributed by atoms with van der Waals surface area (Å²) in [7, 11) is 0. The van der Waals surface area contributed by atoms with Crippen molar-refractivity contribution in [3.05, 3.63) is 60.2 Å². The van der Waals surface area contributed by atoms with Crippen LogP contribution in [-0.2, 0) is 4.79 Å². The average molecular weight is 426 g/mol. The molecule has 0 atom stereocenters. The van der Waals surface area contributed by atoms with Gasteiger partial charge in [-0.1, -0.05) is 62.9 Å². The predicted molar refractivity (Wildman–Crippen MR) is 128 cm³/mol. The standard InChI is InChI=1S/C24H31N3O2S/c1-3-5-6-7-11-18-22(28)26-24(30)25-21-17-13-12-16-20(21)23(29)27(4-2)19-14-9-8-10-15-19/h8-10,12-17H,3-7,11,18H2,1-2H3,(H2,25,26,28,30). The summed E-state index contributed by atoms with van der Waals surface area (Å²) < 4.78 is 0. The van der Waals surface area contributed by atoms with E-state index in [1.165, 1.54) is 12.8 Å². The number of nitrogens with one attached hydrogen (secondary N) is 2. The van der Waals surface area contributed by atoms with Gasteiger partial charge in [-0.25, -0.2) is 0 Å². The lowest BCUT2D eigenvalue weighted by Gasteiger charge is -2.22. The molecule has 0 fully saturated rings. The fraction of sp³-hybridized carbons (Fsp3) is 0.375. The number of rotatable bonds is 10. The summed E-state index contributed by atoms with van der Waals surface area (Å²) in [5.74, 6) is -0.232. The monoisotopic (exact) mass is 425 g/mol. The lowest BCUT2D eigenvalue weighted by Crippen LogP contribution is -2.35. The van der Waals surface area contributed by atoms with E-state index in [-0.39, 0.29) is 16.9 Å². The van der Waals surface area contributed by atoms with E-state index in [1.807, 2.05) is 49.4 Å². The van der Waals surface area contributed by atoms with Gasteiger partial charge in [-0.3, -0.25) is 9.59 Å². The Labute approximate surface area is 184 Å². The summed E-state index contributed by atoms with van der Waals surface area (Å²) >= 11 is 5.30. The summed E-state index contributed by atoms with van der Waals surface area (Å²) in [5.41, 5.74) is 1.91. The fourth-order valence-electron chi connectivity index (χ4n) is 3.21.